The maximum Gasteiger partial charge on any atom is 0.0808 e. The molecular weight excluding hydrogens is 226 g/mol. The van der Waals surface area contributed by atoms with Crippen molar-refractivity contribution in [3.63, 3.8) is 0 Å². The van der Waals surface area contributed by atoms with Gasteiger partial charge in [-0.25, -0.2) is 0 Å². The van der Waals surface area contributed by atoms with Crippen molar-refractivity contribution in [2.24, 2.45) is 0 Å². The molecule has 3 heteroatoms. The van der Waals surface area contributed by atoms with Gasteiger partial charge in [0.1, 0.15) is 0 Å². The minimum Gasteiger partial charge on any atom is -0.385 e. The summed E-state index contributed by atoms with van der Waals surface area (Å²) in [6.07, 6.45) is 5.01. The Hall–Kier alpha value is -1.06. The van der Waals surface area contributed by atoms with E-state index in [0.29, 0.717) is 6.10 Å². The molecule has 0 spiro atoms. The first-order valence-corrected chi connectivity index (χ1v) is 6.93. The zero-order valence-corrected chi connectivity index (χ0v) is 10.9. The summed E-state index contributed by atoms with van der Waals surface area (Å²) < 4.78 is 11.3. The number of hydrogen-bond acceptors (Lipinski definition) is 3. The van der Waals surface area contributed by atoms with Crippen molar-refractivity contribution >= 4 is 5.69 Å². The molecule has 1 unspecified atom stereocenters. The third-order valence-electron chi connectivity index (χ3n) is 3.15. The predicted octanol–water partition coefficient (Wildman–Crippen LogP) is 3.07. The van der Waals surface area contributed by atoms with Crippen LogP contribution in [0.3, 0.4) is 0 Å². The molecule has 1 aliphatic heterocycles. The van der Waals surface area contributed by atoms with Crippen LogP contribution in [0.2, 0.25) is 0 Å². The first-order valence-electron chi connectivity index (χ1n) is 6.93. The topological polar surface area (TPSA) is 30.5 Å². The Morgan fingerprint density at radius 2 is 2.11 bits per heavy atom. The van der Waals surface area contributed by atoms with E-state index in [-0.39, 0.29) is 0 Å². The molecule has 0 aromatic heterocycles. The van der Waals surface area contributed by atoms with Crippen LogP contribution in [-0.4, -0.2) is 32.5 Å². The van der Waals surface area contributed by atoms with Crippen LogP contribution in [0, 0.1) is 0 Å². The van der Waals surface area contributed by atoms with Crippen molar-refractivity contribution in [1.29, 1.82) is 0 Å². The summed E-state index contributed by atoms with van der Waals surface area (Å²) in [5.74, 6) is 0. The van der Waals surface area contributed by atoms with Gasteiger partial charge in [0.2, 0.25) is 0 Å². The average Bonchev–Trinajstić information content (AvgIpc) is 2.45. The Bertz CT molecular complexity index is 310. The number of nitrogens with one attached hydrogen (secondary N) is 1. The molecule has 1 aliphatic rings. The molecular formula is C15H23NO2. The summed E-state index contributed by atoms with van der Waals surface area (Å²) in [6, 6.07) is 10.3. The van der Waals surface area contributed by atoms with Gasteiger partial charge in [-0.1, -0.05) is 18.2 Å². The molecule has 100 valence electrons. The van der Waals surface area contributed by atoms with Crippen molar-refractivity contribution in [3.8, 4) is 0 Å². The first-order chi connectivity index (χ1) is 8.95. The lowest BCUT2D eigenvalue weighted by Gasteiger charge is -2.22. The third kappa shape index (κ3) is 5.07. The van der Waals surface area contributed by atoms with Crippen LogP contribution >= 0.6 is 0 Å². The minimum absolute atomic E-state index is 0.334. The molecule has 0 bridgehead atoms. The highest BCUT2D eigenvalue weighted by atomic mass is 16.5. The minimum atomic E-state index is 0.334. The highest BCUT2D eigenvalue weighted by molar-refractivity contribution is 5.42. The Morgan fingerprint density at radius 1 is 1.22 bits per heavy atom. The maximum absolute atomic E-state index is 5.65. The van der Waals surface area contributed by atoms with Gasteiger partial charge >= 0.3 is 0 Å². The Morgan fingerprint density at radius 3 is 2.89 bits per heavy atom. The molecule has 1 atom stereocenters. The summed E-state index contributed by atoms with van der Waals surface area (Å²) in [6.45, 7) is 3.42. The molecule has 0 saturated carbocycles. The van der Waals surface area contributed by atoms with Gasteiger partial charge < -0.3 is 14.8 Å². The molecule has 1 fully saturated rings. The van der Waals surface area contributed by atoms with E-state index in [9.17, 15) is 0 Å². The Balaban J connectivity index is 1.46. The van der Waals surface area contributed by atoms with E-state index < -0.39 is 0 Å². The predicted molar refractivity (Wildman–Crippen MR) is 74.0 cm³/mol. The molecule has 2 rings (SSSR count). The van der Waals surface area contributed by atoms with Crippen LogP contribution in [0.1, 0.15) is 25.7 Å². The number of para-hydroxylation sites is 1. The highest BCUT2D eigenvalue weighted by Crippen LogP contribution is 2.12. The highest BCUT2D eigenvalue weighted by Gasteiger charge is 2.13. The molecule has 0 radical (unpaired) electrons. The number of anilines is 1. The molecule has 1 aromatic carbocycles. The molecule has 1 heterocycles. The second-order valence-corrected chi connectivity index (χ2v) is 4.71. The van der Waals surface area contributed by atoms with Gasteiger partial charge in [0, 0.05) is 25.4 Å². The van der Waals surface area contributed by atoms with Crippen LogP contribution in [0.15, 0.2) is 30.3 Å². The van der Waals surface area contributed by atoms with Crippen LogP contribution in [0.25, 0.3) is 0 Å². The van der Waals surface area contributed by atoms with Crippen molar-refractivity contribution in [2.75, 3.05) is 31.7 Å². The van der Waals surface area contributed by atoms with Crippen LogP contribution in [0.5, 0.6) is 0 Å². The molecule has 0 amide bonds. The standard InChI is InChI=1S/C15H23NO2/c1-2-7-14(8-3-1)16-10-6-11-17-13-15-9-4-5-12-18-15/h1-3,7-8,15-16H,4-6,9-13H2. The SMILES string of the molecule is c1ccc(NCCCOCC2CCCCO2)cc1. The zero-order chi connectivity index (χ0) is 12.5. The largest absolute Gasteiger partial charge is 0.385 e. The fourth-order valence-electron chi connectivity index (χ4n) is 2.12. The van der Waals surface area contributed by atoms with E-state index in [1.54, 1.807) is 0 Å². The van der Waals surface area contributed by atoms with Crippen molar-refractivity contribution in [2.45, 2.75) is 31.8 Å². The fourth-order valence-corrected chi connectivity index (χ4v) is 2.12. The quantitative estimate of drug-likeness (QED) is 0.753. The summed E-state index contributed by atoms with van der Waals surface area (Å²) in [5.41, 5.74) is 1.17. The van der Waals surface area contributed by atoms with Crippen LogP contribution in [0.4, 0.5) is 5.69 Å². The fraction of sp³-hybridized carbons (Fsp3) is 0.600. The van der Waals surface area contributed by atoms with E-state index in [1.807, 2.05) is 18.2 Å². The lowest BCUT2D eigenvalue weighted by Crippen LogP contribution is -2.24. The van der Waals surface area contributed by atoms with E-state index in [2.05, 4.69) is 17.4 Å². The van der Waals surface area contributed by atoms with Crippen LogP contribution in [-0.2, 0) is 9.47 Å². The maximum atomic E-state index is 5.65. The number of benzene rings is 1. The summed E-state index contributed by atoms with van der Waals surface area (Å²) in [7, 11) is 0. The molecule has 1 aromatic rings. The van der Waals surface area contributed by atoms with E-state index >= 15 is 0 Å². The van der Waals surface area contributed by atoms with Crippen molar-refractivity contribution in [3.05, 3.63) is 30.3 Å². The number of hydrogen-bond donors (Lipinski definition) is 1. The van der Waals surface area contributed by atoms with Crippen LogP contribution < -0.4 is 5.32 Å². The summed E-state index contributed by atoms with van der Waals surface area (Å²) >= 11 is 0. The summed E-state index contributed by atoms with van der Waals surface area (Å²) in [5, 5.41) is 3.37. The summed E-state index contributed by atoms with van der Waals surface area (Å²) in [4.78, 5) is 0. The monoisotopic (exact) mass is 249 g/mol. The Labute approximate surface area is 109 Å². The van der Waals surface area contributed by atoms with Gasteiger partial charge in [0.05, 0.1) is 12.7 Å². The number of rotatable bonds is 7. The third-order valence-corrected chi connectivity index (χ3v) is 3.15. The lowest BCUT2D eigenvalue weighted by molar-refractivity contribution is -0.0405. The lowest BCUT2D eigenvalue weighted by atomic mass is 10.1. The van der Waals surface area contributed by atoms with Crippen molar-refractivity contribution < 1.29 is 9.47 Å². The molecule has 18 heavy (non-hydrogen) atoms. The second-order valence-electron chi connectivity index (χ2n) is 4.71. The van der Waals surface area contributed by atoms with Gasteiger partial charge in [-0.15, -0.1) is 0 Å². The van der Waals surface area contributed by atoms with E-state index in [0.717, 1.165) is 39.2 Å². The normalized spacial score (nSPS) is 19.7. The molecule has 3 nitrogen and oxygen atoms in total. The first kappa shape index (κ1) is 13.4. The van der Waals surface area contributed by atoms with Gasteiger partial charge in [-0.2, -0.15) is 0 Å². The Kier molecular flexibility index (Phi) is 6.03. The molecule has 1 saturated heterocycles. The van der Waals surface area contributed by atoms with Gasteiger partial charge in [0.25, 0.3) is 0 Å². The van der Waals surface area contributed by atoms with E-state index in [1.165, 1.54) is 18.5 Å². The molecule has 1 N–H and O–H groups in total. The smallest absolute Gasteiger partial charge is 0.0808 e. The zero-order valence-electron chi connectivity index (χ0n) is 10.9. The van der Waals surface area contributed by atoms with Gasteiger partial charge in [0.15, 0.2) is 0 Å². The van der Waals surface area contributed by atoms with E-state index in [4.69, 9.17) is 9.47 Å². The second kappa shape index (κ2) is 8.11. The average molecular weight is 249 g/mol. The van der Waals surface area contributed by atoms with Gasteiger partial charge in [-0.05, 0) is 37.8 Å². The van der Waals surface area contributed by atoms with Crippen molar-refractivity contribution in [1.82, 2.24) is 0 Å². The van der Waals surface area contributed by atoms with Gasteiger partial charge in [-0.3, -0.25) is 0 Å². The number of ether oxygens (including phenoxy) is 2. The molecule has 0 aliphatic carbocycles.